The molecule has 354 valence electrons. The van der Waals surface area contributed by atoms with Crippen molar-refractivity contribution in [3.05, 3.63) is 109 Å². The molecule has 0 spiro atoms. The highest BCUT2D eigenvalue weighted by Gasteiger charge is 2.17. The quantitative estimate of drug-likeness (QED) is 0.0422. The van der Waals surface area contributed by atoms with Crippen LogP contribution >= 0.6 is 0 Å². The molecule has 0 aliphatic rings. The zero-order valence-electron chi connectivity index (χ0n) is 40.6. The molecule has 0 saturated heterocycles. The van der Waals surface area contributed by atoms with Crippen LogP contribution in [0.3, 0.4) is 0 Å². The normalized spacial score (nSPS) is 13.8. The molecule has 0 bridgehead atoms. The van der Waals surface area contributed by atoms with Crippen LogP contribution in [0.2, 0.25) is 0 Å². The van der Waals surface area contributed by atoms with Crippen molar-refractivity contribution in [1.29, 1.82) is 0 Å². The van der Waals surface area contributed by atoms with Crippen LogP contribution in [0.25, 0.3) is 0 Å². The van der Waals surface area contributed by atoms with E-state index in [-0.39, 0.29) is 12.5 Å². The van der Waals surface area contributed by atoms with E-state index in [1.807, 2.05) is 6.08 Å². The Balaban J connectivity index is 3.65. The van der Waals surface area contributed by atoms with Crippen molar-refractivity contribution < 1.29 is 15.0 Å². The van der Waals surface area contributed by atoms with Gasteiger partial charge in [-0.15, -0.1) is 0 Å². The second-order valence-electron chi connectivity index (χ2n) is 17.2. The predicted molar refractivity (Wildman–Crippen MR) is 276 cm³/mol. The average Bonchev–Trinajstić information content (AvgIpc) is 3.28. The van der Waals surface area contributed by atoms with Gasteiger partial charge < -0.3 is 15.5 Å². The van der Waals surface area contributed by atoms with Gasteiger partial charge >= 0.3 is 0 Å². The number of nitrogens with one attached hydrogen (secondary N) is 1. The van der Waals surface area contributed by atoms with Crippen LogP contribution in [0, 0.1) is 0 Å². The van der Waals surface area contributed by atoms with Crippen LogP contribution in [0.1, 0.15) is 232 Å². The van der Waals surface area contributed by atoms with Crippen LogP contribution in [0.5, 0.6) is 0 Å². The SMILES string of the molecule is CC/C=C\C/C=C\C/C=C\C/C=C\C/C=C\C/C=C\C/C=C\C/C=C\CCCCCCCCC(=O)NC(CO)C(O)/C=C/CCCCCCCCCCCCCCCCCCC. The molecule has 1 amide bonds. The largest absolute Gasteiger partial charge is 0.394 e. The third-order valence-corrected chi connectivity index (χ3v) is 11.3. The lowest BCUT2D eigenvalue weighted by Gasteiger charge is -2.20. The predicted octanol–water partition coefficient (Wildman–Crippen LogP) is 17.1. The van der Waals surface area contributed by atoms with Gasteiger partial charge in [-0.2, -0.15) is 0 Å². The summed E-state index contributed by atoms with van der Waals surface area (Å²) in [5, 5.41) is 23.1. The summed E-state index contributed by atoms with van der Waals surface area (Å²) in [7, 11) is 0. The Hall–Kier alpha value is -2.95. The molecule has 4 nitrogen and oxygen atoms in total. The molecule has 0 aromatic heterocycles. The molecule has 0 fully saturated rings. The molecule has 0 saturated carbocycles. The first kappa shape index (κ1) is 59.0. The zero-order valence-corrected chi connectivity index (χ0v) is 40.6. The molecule has 0 aromatic rings. The van der Waals surface area contributed by atoms with Gasteiger partial charge in [0.2, 0.25) is 5.91 Å². The van der Waals surface area contributed by atoms with Crippen LogP contribution in [-0.4, -0.2) is 34.9 Å². The van der Waals surface area contributed by atoms with Gasteiger partial charge in [-0.05, 0) is 83.5 Å². The Kier molecular flexibility index (Phi) is 49.9. The highest BCUT2D eigenvalue weighted by atomic mass is 16.3. The Bertz CT molecular complexity index is 1200. The van der Waals surface area contributed by atoms with E-state index in [0.717, 1.165) is 89.9 Å². The first-order valence-corrected chi connectivity index (χ1v) is 26.1. The van der Waals surface area contributed by atoms with Crippen molar-refractivity contribution in [3.63, 3.8) is 0 Å². The van der Waals surface area contributed by atoms with Crippen LogP contribution in [-0.2, 0) is 4.79 Å². The van der Waals surface area contributed by atoms with Crippen molar-refractivity contribution in [3.8, 4) is 0 Å². The zero-order chi connectivity index (χ0) is 44.9. The van der Waals surface area contributed by atoms with Crippen LogP contribution in [0.4, 0.5) is 0 Å². The monoisotopic (exact) mass is 858 g/mol. The van der Waals surface area contributed by atoms with Gasteiger partial charge in [0.05, 0.1) is 18.8 Å². The van der Waals surface area contributed by atoms with Crippen molar-refractivity contribution in [2.75, 3.05) is 6.61 Å². The molecule has 2 atom stereocenters. The standard InChI is InChI=1S/C58H99NO3/c1-3-5-7-9-11-13-15-17-19-21-23-24-25-26-27-28-29-30-31-32-33-34-36-38-40-42-44-46-48-50-52-54-58(62)59-56(55-60)57(61)53-51-49-47-45-43-41-39-37-35-22-20-18-16-14-12-10-8-6-4-2/h5,7,11,13,17,19,23-24,26-27,29-30,32-33,36,38,51,53,56-57,60-61H,3-4,6,8-10,12,14-16,18,20-22,25,28,31,34-35,37,39-50,52,54-55H2,1-2H3,(H,59,62)/b7-5-,13-11-,19-17-,24-23-,27-26-,30-29-,33-32-,38-36-,53-51+. The third-order valence-electron chi connectivity index (χ3n) is 11.3. The minimum atomic E-state index is -0.854. The summed E-state index contributed by atoms with van der Waals surface area (Å²) in [4.78, 5) is 12.4. The van der Waals surface area contributed by atoms with Gasteiger partial charge in [-0.25, -0.2) is 0 Å². The van der Waals surface area contributed by atoms with E-state index in [4.69, 9.17) is 0 Å². The molecule has 0 heterocycles. The smallest absolute Gasteiger partial charge is 0.220 e. The number of carbonyl (C=O) groups is 1. The van der Waals surface area contributed by atoms with Crippen molar-refractivity contribution in [1.82, 2.24) is 5.32 Å². The minimum absolute atomic E-state index is 0.0822. The molecular weight excluding hydrogens is 759 g/mol. The van der Waals surface area contributed by atoms with E-state index in [9.17, 15) is 15.0 Å². The second-order valence-corrected chi connectivity index (χ2v) is 17.2. The summed E-state index contributed by atoms with van der Waals surface area (Å²) < 4.78 is 0. The first-order valence-electron chi connectivity index (χ1n) is 26.1. The van der Waals surface area contributed by atoms with Gasteiger partial charge in [-0.3, -0.25) is 4.79 Å². The van der Waals surface area contributed by atoms with Gasteiger partial charge in [0.1, 0.15) is 0 Å². The molecule has 0 radical (unpaired) electrons. The average molecular weight is 858 g/mol. The molecular formula is C58H99NO3. The number of unbranched alkanes of at least 4 members (excludes halogenated alkanes) is 23. The topological polar surface area (TPSA) is 69.6 Å². The van der Waals surface area contributed by atoms with E-state index in [0.29, 0.717) is 6.42 Å². The lowest BCUT2D eigenvalue weighted by Crippen LogP contribution is -2.45. The lowest BCUT2D eigenvalue weighted by molar-refractivity contribution is -0.123. The Morgan fingerprint density at radius 3 is 1.06 bits per heavy atom. The number of carbonyl (C=O) groups excluding carboxylic acids is 1. The number of hydrogen-bond acceptors (Lipinski definition) is 3. The highest BCUT2D eigenvalue weighted by Crippen LogP contribution is 2.15. The Labute approximate surface area is 385 Å². The van der Waals surface area contributed by atoms with E-state index in [1.165, 1.54) is 122 Å². The van der Waals surface area contributed by atoms with E-state index < -0.39 is 12.1 Å². The summed E-state index contributed by atoms with van der Waals surface area (Å²) in [5.41, 5.74) is 0. The molecule has 0 aliphatic carbocycles. The molecule has 0 aromatic carbocycles. The maximum Gasteiger partial charge on any atom is 0.220 e. The number of rotatable bonds is 46. The molecule has 0 rings (SSSR count). The van der Waals surface area contributed by atoms with Gasteiger partial charge in [0.15, 0.2) is 0 Å². The summed E-state index contributed by atoms with van der Waals surface area (Å²) >= 11 is 0. The molecule has 2 unspecified atom stereocenters. The highest BCUT2D eigenvalue weighted by molar-refractivity contribution is 5.76. The second kappa shape index (κ2) is 52.4. The van der Waals surface area contributed by atoms with Crippen LogP contribution in [0.15, 0.2) is 109 Å². The molecule has 4 heteroatoms. The van der Waals surface area contributed by atoms with E-state index >= 15 is 0 Å². The maximum absolute atomic E-state index is 12.4. The number of hydrogen-bond donors (Lipinski definition) is 3. The molecule has 3 N–H and O–H groups in total. The Morgan fingerprint density at radius 1 is 0.403 bits per heavy atom. The van der Waals surface area contributed by atoms with Gasteiger partial charge in [-0.1, -0.05) is 252 Å². The fourth-order valence-electron chi connectivity index (χ4n) is 7.31. The van der Waals surface area contributed by atoms with E-state index in [1.54, 1.807) is 6.08 Å². The van der Waals surface area contributed by atoms with Crippen molar-refractivity contribution in [2.45, 2.75) is 244 Å². The summed E-state index contributed by atoms with van der Waals surface area (Å²) in [5.74, 6) is -0.0822. The number of amides is 1. The van der Waals surface area contributed by atoms with E-state index in [2.05, 4.69) is 116 Å². The minimum Gasteiger partial charge on any atom is -0.394 e. The number of allylic oxidation sites excluding steroid dienone is 17. The van der Waals surface area contributed by atoms with Crippen LogP contribution < -0.4 is 5.32 Å². The maximum atomic E-state index is 12.4. The fraction of sp³-hybridized carbons (Fsp3) is 0.672. The molecule has 62 heavy (non-hydrogen) atoms. The summed E-state index contributed by atoms with van der Waals surface area (Å²) in [6.45, 7) is 4.19. The lowest BCUT2D eigenvalue weighted by atomic mass is 10.0. The number of aliphatic hydroxyl groups excluding tert-OH is 2. The third kappa shape index (κ3) is 48.1. The van der Waals surface area contributed by atoms with Gasteiger partial charge in [0.25, 0.3) is 0 Å². The van der Waals surface area contributed by atoms with Gasteiger partial charge in [0, 0.05) is 6.42 Å². The summed E-state index contributed by atoms with van der Waals surface area (Å²) in [6, 6.07) is -0.639. The Morgan fingerprint density at radius 2 is 0.710 bits per heavy atom. The van der Waals surface area contributed by atoms with Crippen molar-refractivity contribution in [2.24, 2.45) is 0 Å². The molecule has 0 aliphatic heterocycles. The van der Waals surface area contributed by atoms with Crippen molar-refractivity contribution >= 4 is 5.91 Å². The first-order chi connectivity index (χ1) is 30.7. The number of aliphatic hydroxyl groups is 2. The summed E-state index contributed by atoms with van der Waals surface area (Å²) in [6.07, 6.45) is 79.3. The fourth-order valence-corrected chi connectivity index (χ4v) is 7.31.